The van der Waals surface area contributed by atoms with Crippen molar-refractivity contribution in [2.75, 3.05) is 32.2 Å². The van der Waals surface area contributed by atoms with Crippen molar-refractivity contribution in [1.29, 1.82) is 10.8 Å². The lowest BCUT2D eigenvalue weighted by Crippen LogP contribution is -2.39. The number of amides is 2. The summed E-state index contributed by atoms with van der Waals surface area (Å²) in [6.07, 6.45) is -4.51. The van der Waals surface area contributed by atoms with Crippen LogP contribution < -0.4 is 10.1 Å². The van der Waals surface area contributed by atoms with Crippen LogP contribution in [-0.4, -0.2) is 83.2 Å². The maximum atomic E-state index is 13.1. The first-order chi connectivity index (χ1) is 18.0. The van der Waals surface area contributed by atoms with E-state index < -0.39 is 30.8 Å². The van der Waals surface area contributed by atoms with Crippen molar-refractivity contribution >= 4 is 30.0 Å². The van der Waals surface area contributed by atoms with Crippen LogP contribution in [0.25, 0.3) is 0 Å². The molecule has 0 saturated carbocycles. The molecule has 1 aliphatic heterocycles. The van der Waals surface area contributed by atoms with Gasteiger partial charge < -0.3 is 29.7 Å². The van der Waals surface area contributed by atoms with Gasteiger partial charge in [0.25, 0.3) is 5.91 Å². The number of aromatic nitrogens is 1. The van der Waals surface area contributed by atoms with Crippen LogP contribution in [0, 0.1) is 10.8 Å². The number of benzene rings is 1. The van der Waals surface area contributed by atoms with Gasteiger partial charge in [0.05, 0.1) is 31.7 Å². The Kier molecular flexibility index (Phi) is 8.88. The summed E-state index contributed by atoms with van der Waals surface area (Å²) >= 11 is 0. The number of carbonyl (C=O) groups excluding carboxylic acids is 2. The molecule has 1 aromatic heterocycles. The van der Waals surface area contributed by atoms with E-state index in [1.165, 1.54) is 30.2 Å². The standard InChI is InChI=1S/C24H27F3N6O5/c1-14(11-34)33(13-28)21(29)18-4-3-5-20(30-18)31-22(35)17-8-16-10-32(23(36)38-12-24(25,26)27)7-6-15(16)9-19(17)37-2/h3-5,8-9,13-14,28-29,34H,6-7,10-12H2,1-2H3,(H,30,31,35)/t14-/m1/s1. The van der Waals surface area contributed by atoms with Gasteiger partial charge in [-0.2, -0.15) is 13.2 Å². The zero-order valence-electron chi connectivity index (χ0n) is 20.6. The smallest absolute Gasteiger partial charge is 0.422 e. The summed E-state index contributed by atoms with van der Waals surface area (Å²) in [5.41, 5.74) is 1.58. The lowest BCUT2D eigenvalue weighted by Gasteiger charge is -2.29. The number of pyridine rings is 1. The highest BCUT2D eigenvalue weighted by Gasteiger charge is 2.32. The fraction of sp³-hybridized carbons (Fsp3) is 0.375. The van der Waals surface area contributed by atoms with Crippen LogP contribution in [0.4, 0.5) is 23.8 Å². The summed E-state index contributed by atoms with van der Waals surface area (Å²) in [7, 11) is 1.39. The molecule has 11 nitrogen and oxygen atoms in total. The number of alkyl halides is 3. The van der Waals surface area contributed by atoms with Crippen molar-refractivity contribution in [2.24, 2.45) is 0 Å². The molecule has 204 valence electrons. The molecule has 0 spiro atoms. The average Bonchev–Trinajstić information content (AvgIpc) is 2.90. The van der Waals surface area contributed by atoms with Gasteiger partial charge >= 0.3 is 12.3 Å². The SMILES string of the molecule is COc1cc2c(cc1C(=O)Nc1cccc(C(=N)N(C=N)[C@H](C)CO)n1)CN(C(=O)OCC(F)(F)F)CC2. The largest absolute Gasteiger partial charge is 0.496 e. The van der Waals surface area contributed by atoms with Crippen LogP contribution in [-0.2, 0) is 17.7 Å². The Morgan fingerprint density at radius 3 is 2.68 bits per heavy atom. The number of hydrogen-bond acceptors (Lipinski definition) is 8. The minimum absolute atomic E-state index is 0.0519. The third kappa shape index (κ3) is 6.76. The lowest BCUT2D eigenvalue weighted by molar-refractivity contribution is -0.162. The Labute approximate surface area is 216 Å². The number of anilines is 1. The number of aliphatic hydroxyl groups excluding tert-OH is 1. The Bertz CT molecular complexity index is 1220. The van der Waals surface area contributed by atoms with E-state index >= 15 is 0 Å². The maximum absolute atomic E-state index is 13.1. The normalized spacial score (nSPS) is 13.7. The Morgan fingerprint density at radius 1 is 1.32 bits per heavy atom. The van der Waals surface area contributed by atoms with E-state index in [0.29, 0.717) is 12.0 Å². The highest BCUT2D eigenvalue weighted by Crippen LogP contribution is 2.29. The van der Waals surface area contributed by atoms with Gasteiger partial charge in [0.15, 0.2) is 12.4 Å². The number of carbonyl (C=O) groups is 2. The van der Waals surface area contributed by atoms with Crippen molar-refractivity contribution < 1.29 is 37.3 Å². The molecule has 0 saturated heterocycles. The summed E-state index contributed by atoms with van der Waals surface area (Å²) in [6, 6.07) is 7.18. The second-order valence-electron chi connectivity index (χ2n) is 8.44. The molecular weight excluding hydrogens is 509 g/mol. The number of hydrogen-bond donors (Lipinski definition) is 4. The first-order valence-corrected chi connectivity index (χ1v) is 11.4. The van der Waals surface area contributed by atoms with Gasteiger partial charge in [-0.25, -0.2) is 9.78 Å². The predicted octanol–water partition coefficient (Wildman–Crippen LogP) is 3.01. The number of rotatable bonds is 8. The van der Waals surface area contributed by atoms with Crippen LogP contribution in [0.1, 0.15) is 34.1 Å². The molecule has 4 N–H and O–H groups in total. The Balaban J connectivity index is 1.80. The van der Waals surface area contributed by atoms with Crippen molar-refractivity contribution in [1.82, 2.24) is 14.8 Å². The average molecular weight is 537 g/mol. The van der Waals surface area contributed by atoms with Crippen molar-refractivity contribution in [3.8, 4) is 5.75 Å². The summed E-state index contributed by atoms with van der Waals surface area (Å²) in [6.45, 7) is -0.258. The molecule has 0 unspecified atom stereocenters. The Morgan fingerprint density at radius 2 is 2.05 bits per heavy atom. The number of nitrogens with zero attached hydrogens (tertiary/aromatic N) is 3. The molecule has 0 fully saturated rings. The lowest BCUT2D eigenvalue weighted by atomic mass is 9.96. The van der Waals surface area contributed by atoms with Crippen LogP contribution in [0.2, 0.25) is 0 Å². The summed E-state index contributed by atoms with van der Waals surface area (Å²) in [5.74, 6) is -0.396. The zero-order valence-corrected chi connectivity index (χ0v) is 20.6. The van der Waals surface area contributed by atoms with E-state index in [1.54, 1.807) is 19.1 Å². The van der Waals surface area contributed by atoms with Gasteiger partial charge in [0.1, 0.15) is 17.3 Å². The number of halogens is 3. The second kappa shape index (κ2) is 11.9. The van der Waals surface area contributed by atoms with E-state index in [1.807, 2.05) is 0 Å². The third-order valence-electron chi connectivity index (χ3n) is 5.77. The number of methoxy groups -OCH3 is 1. The summed E-state index contributed by atoms with van der Waals surface area (Å²) < 4.78 is 46.9. The highest BCUT2D eigenvalue weighted by molar-refractivity contribution is 6.06. The Hall–Kier alpha value is -4.20. The van der Waals surface area contributed by atoms with Crippen molar-refractivity contribution in [3.05, 3.63) is 52.7 Å². The summed E-state index contributed by atoms with van der Waals surface area (Å²) in [4.78, 5) is 31.8. The molecule has 2 amide bonds. The van der Waals surface area contributed by atoms with Crippen LogP contribution in [0.5, 0.6) is 5.75 Å². The molecule has 0 bridgehead atoms. The predicted molar refractivity (Wildman–Crippen MR) is 131 cm³/mol. The number of nitrogens with one attached hydrogen (secondary N) is 3. The monoisotopic (exact) mass is 536 g/mol. The first kappa shape index (κ1) is 28.4. The van der Waals surface area contributed by atoms with Gasteiger partial charge in [-0.15, -0.1) is 0 Å². The highest BCUT2D eigenvalue weighted by atomic mass is 19.4. The molecule has 2 heterocycles. The van der Waals surface area contributed by atoms with Gasteiger partial charge in [-0.05, 0) is 48.7 Å². The fourth-order valence-corrected chi connectivity index (χ4v) is 3.78. The number of ether oxygens (including phenoxy) is 2. The van der Waals surface area contributed by atoms with Crippen LogP contribution >= 0.6 is 0 Å². The van der Waals surface area contributed by atoms with Crippen molar-refractivity contribution in [2.45, 2.75) is 32.1 Å². The van der Waals surface area contributed by atoms with Crippen molar-refractivity contribution in [3.63, 3.8) is 0 Å². The molecule has 1 atom stereocenters. The van der Waals surface area contributed by atoms with E-state index in [2.05, 4.69) is 15.0 Å². The van der Waals surface area contributed by atoms with Crippen LogP contribution in [0.15, 0.2) is 30.3 Å². The van der Waals surface area contributed by atoms with E-state index in [4.69, 9.17) is 15.6 Å². The number of aliphatic hydroxyl groups is 1. The zero-order chi connectivity index (χ0) is 28.0. The fourth-order valence-electron chi connectivity index (χ4n) is 3.78. The second-order valence-corrected chi connectivity index (χ2v) is 8.44. The molecule has 2 aromatic rings. The maximum Gasteiger partial charge on any atom is 0.422 e. The van der Waals surface area contributed by atoms with E-state index in [9.17, 15) is 27.9 Å². The third-order valence-corrected chi connectivity index (χ3v) is 5.77. The van der Waals surface area contributed by atoms with Gasteiger partial charge in [-0.3, -0.25) is 15.6 Å². The molecular formula is C24H27F3N6O5. The molecule has 38 heavy (non-hydrogen) atoms. The van der Waals surface area contributed by atoms with E-state index in [0.717, 1.165) is 16.8 Å². The molecule has 1 aliphatic rings. The minimum Gasteiger partial charge on any atom is -0.496 e. The molecule has 14 heteroatoms. The van der Waals surface area contributed by atoms with Gasteiger partial charge in [0, 0.05) is 13.1 Å². The molecule has 1 aromatic carbocycles. The number of amidine groups is 1. The molecule has 0 radical (unpaired) electrons. The van der Waals surface area contributed by atoms with E-state index in [-0.39, 0.29) is 48.4 Å². The summed E-state index contributed by atoms with van der Waals surface area (Å²) in [5, 5.41) is 27.8. The topological polar surface area (TPSA) is 152 Å². The van der Waals surface area contributed by atoms with Gasteiger partial charge in [-0.1, -0.05) is 6.07 Å². The quantitative estimate of drug-likeness (QED) is 0.299. The first-order valence-electron chi connectivity index (χ1n) is 11.4. The van der Waals surface area contributed by atoms with Gasteiger partial charge in [0.2, 0.25) is 0 Å². The number of fused-ring (bicyclic) bond motifs is 1. The van der Waals surface area contributed by atoms with Crippen LogP contribution in [0.3, 0.4) is 0 Å². The molecule has 0 aliphatic carbocycles. The minimum atomic E-state index is -4.64. The molecule has 3 rings (SSSR count).